The monoisotopic (exact) mass is 482 g/mol. The fourth-order valence-corrected chi connectivity index (χ4v) is 5.37. The van der Waals surface area contributed by atoms with Crippen LogP contribution in [0.3, 0.4) is 0 Å². The minimum absolute atomic E-state index is 0.0605. The van der Waals surface area contributed by atoms with Gasteiger partial charge in [0.05, 0.1) is 5.41 Å². The molecule has 0 radical (unpaired) electrons. The lowest BCUT2D eigenvalue weighted by Gasteiger charge is -2.38. The van der Waals surface area contributed by atoms with Gasteiger partial charge in [-0.15, -0.1) is 0 Å². The van der Waals surface area contributed by atoms with Gasteiger partial charge in [-0.1, -0.05) is 125 Å². The summed E-state index contributed by atoms with van der Waals surface area (Å²) < 4.78 is 0. The number of nitrogens with zero attached hydrogens (tertiary/aromatic N) is 2. The maximum Gasteiger partial charge on any atom is 0.230 e. The lowest BCUT2D eigenvalue weighted by molar-refractivity contribution is -0.138. The van der Waals surface area contributed by atoms with Crippen molar-refractivity contribution < 1.29 is 4.79 Å². The molecule has 1 amide bonds. The summed E-state index contributed by atoms with van der Waals surface area (Å²) in [4.78, 5) is 18.1. The fourth-order valence-electron chi connectivity index (χ4n) is 5.37. The molecule has 0 N–H and O–H groups in total. The Labute approximate surface area is 217 Å². The Bertz CT molecular complexity index is 825. The average molecular weight is 483 g/mol. The van der Waals surface area contributed by atoms with Crippen molar-refractivity contribution >= 4 is 11.6 Å². The number of anilines is 1. The zero-order valence-electron chi connectivity index (χ0n) is 24.9. The quantitative estimate of drug-likeness (QED) is 0.438. The Morgan fingerprint density at radius 2 is 1.03 bits per heavy atom. The maximum atomic E-state index is 13.6. The van der Waals surface area contributed by atoms with Crippen LogP contribution in [0.2, 0.25) is 0 Å². The molecule has 2 atom stereocenters. The molecule has 1 aliphatic carbocycles. The summed E-state index contributed by atoms with van der Waals surface area (Å²) in [7, 11) is 0. The summed E-state index contributed by atoms with van der Waals surface area (Å²) in [5.74, 6) is 0.312. The Morgan fingerprint density at radius 1 is 0.629 bits per heavy atom. The third kappa shape index (κ3) is 5.93. The third-order valence-corrected chi connectivity index (χ3v) is 7.90. The Kier molecular flexibility index (Phi) is 14.0. The second-order valence-corrected chi connectivity index (χ2v) is 8.86. The van der Waals surface area contributed by atoms with Gasteiger partial charge in [-0.05, 0) is 30.0 Å². The summed E-state index contributed by atoms with van der Waals surface area (Å²) in [5, 5.41) is 0. The lowest BCUT2D eigenvalue weighted by Crippen LogP contribution is -2.51. The molecular weight excluding hydrogens is 428 g/mol. The van der Waals surface area contributed by atoms with Crippen LogP contribution in [0.15, 0.2) is 60.7 Å². The molecule has 1 aliphatic heterocycles. The molecule has 0 bridgehead atoms. The number of piperazine rings is 1. The Balaban J connectivity index is 0.00000132. The van der Waals surface area contributed by atoms with Crippen molar-refractivity contribution in [2.45, 2.75) is 88.5 Å². The summed E-state index contributed by atoms with van der Waals surface area (Å²) in [5.41, 5.74) is 1.96. The van der Waals surface area contributed by atoms with E-state index in [0.717, 1.165) is 26.2 Å². The van der Waals surface area contributed by atoms with Crippen molar-refractivity contribution in [2.75, 3.05) is 31.1 Å². The van der Waals surface area contributed by atoms with Crippen molar-refractivity contribution in [3.05, 3.63) is 66.2 Å². The Hall–Kier alpha value is -2.29. The van der Waals surface area contributed by atoms with Gasteiger partial charge in [0.2, 0.25) is 5.91 Å². The van der Waals surface area contributed by atoms with Crippen molar-refractivity contribution in [1.82, 2.24) is 4.90 Å². The molecule has 0 spiro atoms. The van der Waals surface area contributed by atoms with Gasteiger partial charge in [0.1, 0.15) is 0 Å². The molecule has 1 heterocycles. The maximum absolute atomic E-state index is 13.6. The van der Waals surface area contributed by atoms with Gasteiger partial charge in [-0.2, -0.15) is 0 Å². The largest absolute Gasteiger partial charge is 0.368 e. The van der Waals surface area contributed by atoms with Gasteiger partial charge in [-0.25, -0.2) is 0 Å². The molecule has 198 valence electrons. The minimum atomic E-state index is -0.365. The molecule has 3 nitrogen and oxygen atoms in total. The van der Waals surface area contributed by atoms with Gasteiger partial charge in [0, 0.05) is 37.3 Å². The van der Waals surface area contributed by atoms with Crippen LogP contribution >= 0.6 is 0 Å². The van der Waals surface area contributed by atoms with E-state index >= 15 is 0 Å². The first-order valence-corrected chi connectivity index (χ1v) is 14.0. The molecule has 3 heteroatoms. The summed E-state index contributed by atoms with van der Waals surface area (Å²) in [6.45, 7) is 28.3. The van der Waals surface area contributed by atoms with Crippen LogP contribution in [0.1, 0.15) is 88.6 Å². The first kappa shape index (κ1) is 32.7. The predicted molar refractivity (Wildman–Crippen MR) is 156 cm³/mol. The molecule has 4 rings (SSSR count). The van der Waals surface area contributed by atoms with Crippen LogP contribution in [0.4, 0.5) is 5.69 Å². The summed E-state index contributed by atoms with van der Waals surface area (Å²) in [6, 6.07) is 21.1. The molecule has 0 aromatic heterocycles. The number of benzene rings is 2. The molecule has 2 fully saturated rings. The molecule has 2 aliphatic rings. The molecule has 2 unspecified atom stereocenters. The molecule has 2 aromatic carbocycles. The van der Waals surface area contributed by atoms with Crippen LogP contribution in [0, 0.1) is 10.8 Å². The van der Waals surface area contributed by atoms with E-state index in [9.17, 15) is 4.79 Å². The van der Waals surface area contributed by atoms with Gasteiger partial charge >= 0.3 is 0 Å². The van der Waals surface area contributed by atoms with E-state index in [1.807, 2.05) is 67.5 Å². The minimum Gasteiger partial charge on any atom is -0.368 e. The van der Waals surface area contributed by atoms with Crippen LogP contribution in [0.5, 0.6) is 0 Å². The van der Waals surface area contributed by atoms with Crippen LogP contribution in [0.25, 0.3) is 0 Å². The van der Waals surface area contributed by atoms with Gasteiger partial charge in [0.25, 0.3) is 0 Å². The molecule has 2 aromatic rings. The number of hydrogen-bond acceptors (Lipinski definition) is 2. The number of amides is 1. The normalized spacial score (nSPS) is 23.4. The highest BCUT2D eigenvalue weighted by molar-refractivity contribution is 5.91. The van der Waals surface area contributed by atoms with Crippen LogP contribution in [-0.2, 0) is 10.2 Å². The number of carbonyl (C=O) groups is 1. The second-order valence-electron chi connectivity index (χ2n) is 8.86. The van der Waals surface area contributed by atoms with E-state index in [1.165, 1.54) is 11.3 Å². The van der Waals surface area contributed by atoms with Crippen molar-refractivity contribution in [2.24, 2.45) is 10.8 Å². The highest BCUT2D eigenvalue weighted by Crippen LogP contribution is 2.78. The topological polar surface area (TPSA) is 23.6 Å². The highest BCUT2D eigenvalue weighted by Gasteiger charge is 2.81. The first-order valence-electron chi connectivity index (χ1n) is 14.0. The zero-order valence-corrected chi connectivity index (χ0v) is 24.9. The molecular formula is C32H54N2O. The number of para-hydroxylation sites is 1. The van der Waals surface area contributed by atoms with E-state index in [0.29, 0.717) is 5.91 Å². The van der Waals surface area contributed by atoms with E-state index in [1.54, 1.807) is 0 Å². The van der Waals surface area contributed by atoms with Crippen molar-refractivity contribution in [3.63, 3.8) is 0 Å². The van der Waals surface area contributed by atoms with E-state index in [4.69, 9.17) is 0 Å². The average Bonchev–Trinajstić information content (AvgIpc) is 3.33. The van der Waals surface area contributed by atoms with Gasteiger partial charge in [-0.3, -0.25) is 4.79 Å². The predicted octanol–water partition coefficient (Wildman–Crippen LogP) is 8.44. The fraction of sp³-hybridized carbons (Fsp3) is 0.594. The van der Waals surface area contributed by atoms with E-state index < -0.39 is 0 Å². The second kappa shape index (κ2) is 15.0. The number of rotatable bonds is 3. The van der Waals surface area contributed by atoms with Crippen molar-refractivity contribution in [3.8, 4) is 0 Å². The van der Waals surface area contributed by atoms with Crippen molar-refractivity contribution in [1.29, 1.82) is 0 Å². The number of hydrogen-bond donors (Lipinski definition) is 0. The zero-order chi connectivity index (χ0) is 27.3. The molecule has 35 heavy (non-hydrogen) atoms. The smallest absolute Gasteiger partial charge is 0.230 e. The van der Waals surface area contributed by atoms with Gasteiger partial charge in [0.15, 0.2) is 0 Å². The number of carbonyl (C=O) groups excluding carboxylic acids is 1. The SMILES string of the molecule is CC.CC.CC.CC.CC1(C)C(C)(C(=O)N2CCN(c3ccccc3)CC2)C1(C)c1ccccc1. The lowest BCUT2D eigenvalue weighted by atomic mass is 9.87. The summed E-state index contributed by atoms with van der Waals surface area (Å²) >= 11 is 0. The highest BCUT2D eigenvalue weighted by atomic mass is 16.2. The van der Waals surface area contributed by atoms with E-state index in [2.05, 4.69) is 86.0 Å². The van der Waals surface area contributed by atoms with E-state index in [-0.39, 0.29) is 16.2 Å². The standard InChI is InChI=1S/C24H30N2O.4C2H6/c1-22(2)23(3,19-11-7-5-8-12-19)24(22,4)21(27)26-17-15-25(16-18-26)20-13-9-6-10-14-20;4*1-2/h5-14H,15-18H2,1-4H3;4*1-2H3. The van der Waals surface area contributed by atoms with Crippen LogP contribution in [-0.4, -0.2) is 37.0 Å². The molecule has 1 saturated carbocycles. The Morgan fingerprint density at radius 3 is 1.46 bits per heavy atom. The molecule has 1 saturated heterocycles. The third-order valence-electron chi connectivity index (χ3n) is 7.90. The first-order chi connectivity index (χ1) is 16.8. The van der Waals surface area contributed by atoms with Gasteiger partial charge < -0.3 is 9.80 Å². The van der Waals surface area contributed by atoms with Crippen LogP contribution < -0.4 is 4.90 Å². The summed E-state index contributed by atoms with van der Waals surface area (Å²) in [6.07, 6.45) is 0.